The van der Waals surface area contributed by atoms with Crippen molar-refractivity contribution in [2.24, 2.45) is 0 Å². The lowest BCUT2D eigenvalue weighted by Gasteiger charge is -2.17. The zero-order valence-electron chi connectivity index (χ0n) is 21.5. The van der Waals surface area contributed by atoms with Crippen LogP contribution < -0.4 is 4.90 Å². The highest BCUT2D eigenvalue weighted by atomic mass is 32.1. The molecule has 2 aromatic rings. The van der Waals surface area contributed by atoms with Crippen LogP contribution in [0, 0.1) is 0 Å². The number of carbonyl (C=O) groups is 2. The number of unbranched alkanes of at least 4 members (excludes halogenated alkanes) is 2. The van der Waals surface area contributed by atoms with Crippen LogP contribution in [-0.2, 0) is 16.0 Å². The van der Waals surface area contributed by atoms with Gasteiger partial charge in [0.05, 0.1) is 12.2 Å². The van der Waals surface area contributed by atoms with E-state index in [1.54, 1.807) is 6.07 Å². The first-order valence-electron chi connectivity index (χ1n) is 13.0. The number of aliphatic hydroxyl groups excluding tert-OH is 3. The fourth-order valence-electron chi connectivity index (χ4n) is 3.90. The number of nitrogens with zero attached hydrogens (tertiary/aromatic N) is 1. The summed E-state index contributed by atoms with van der Waals surface area (Å²) in [6.07, 6.45) is 6.87. The predicted molar refractivity (Wildman–Crippen MR) is 143 cm³/mol. The van der Waals surface area contributed by atoms with Crippen LogP contribution >= 0.6 is 11.3 Å². The number of thiophene rings is 1. The molecule has 1 aliphatic heterocycles. The number of anilines is 1. The number of aryl methyl sites for hydroxylation is 1. The first-order chi connectivity index (χ1) is 17.4. The molecule has 1 fully saturated rings. The molecule has 1 aliphatic rings. The maximum atomic E-state index is 11.6. The summed E-state index contributed by atoms with van der Waals surface area (Å²) >= 11 is 1.43. The number of benzene rings is 1. The van der Waals surface area contributed by atoms with Crippen LogP contribution in [0.4, 0.5) is 5.69 Å². The van der Waals surface area contributed by atoms with Gasteiger partial charge in [0, 0.05) is 30.1 Å². The molecule has 3 N–H and O–H groups in total. The molecule has 1 aromatic heterocycles. The van der Waals surface area contributed by atoms with Gasteiger partial charge in [-0.15, -0.1) is 11.3 Å². The Bertz CT molecular complexity index is 913. The molecule has 2 atom stereocenters. The highest BCUT2D eigenvalue weighted by Crippen LogP contribution is 2.25. The quantitative estimate of drug-likeness (QED) is 0.253. The van der Waals surface area contributed by atoms with Crippen LogP contribution in [0.15, 0.2) is 36.4 Å². The molecule has 1 unspecified atom stereocenters. The van der Waals surface area contributed by atoms with E-state index in [1.807, 2.05) is 35.2 Å². The predicted octanol–water partition coefficient (Wildman–Crippen LogP) is 5.03. The van der Waals surface area contributed by atoms with Gasteiger partial charge in [0.15, 0.2) is 0 Å². The monoisotopic (exact) mass is 519 g/mol. The fourth-order valence-corrected chi connectivity index (χ4v) is 4.90. The zero-order valence-corrected chi connectivity index (χ0v) is 22.3. The Morgan fingerprint density at radius 2 is 1.81 bits per heavy atom. The Balaban J connectivity index is 0.000000255. The van der Waals surface area contributed by atoms with Crippen LogP contribution in [0.1, 0.15) is 91.4 Å². The molecule has 36 heavy (non-hydrogen) atoms. The molecule has 7 nitrogen and oxygen atoms in total. The summed E-state index contributed by atoms with van der Waals surface area (Å²) in [7, 11) is 0. The average molecular weight is 520 g/mol. The second-order valence-electron chi connectivity index (χ2n) is 9.03. The standard InChI is InChI=1S/C16H23NO2.C12H18O4S/c1-2-3-4-6-15(18)13-8-10-14(11-9-13)17-12-5-7-16(17)19;1-2-3-10-4-5-11(17-10)12(15)16-8-9(14)6-7-13/h8-11,15,18H,2-7,12H2,1H3;4-5,9,13-14H,2-3,6-8H2,1H3/t15-;/m0./s1. The summed E-state index contributed by atoms with van der Waals surface area (Å²) in [5, 5.41) is 28.0. The van der Waals surface area contributed by atoms with Gasteiger partial charge in [-0.3, -0.25) is 4.79 Å². The number of hydrogen-bond acceptors (Lipinski definition) is 7. The van der Waals surface area contributed by atoms with E-state index in [1.165, 1.54) is 17.8 Å². The van der Waals surface area contributed by atoms with E-state index in [0.29, 0.717) is 11.3 Å². The third kappa shape index (κ3) is 10.0. The lowest BCUT2D eigenvalue weighted by molar-refractivity contribution is -0.117. The number of hydrogen-bond donors (Lipinski definition) is 3. The fraction of sp³-hybridized carbons (Fsp3) is 0.571. The van der Waals surface area contributed by atoms with E-state index in [9.17, 15) is 19.8 Å². The molecule has 200 valence electrons. The van der Waals surface area contributed by atoms with E-state index < -0.39 is 12.1 Å². The first kappa shape index (κ1) is 30.0. The summed E-state index contributed by atoms with van der Waals surface area (Å²) in [5.41, 5.74) is 1.90. The molecular formula is C28H41NO6S. The SMILES string of the molecule is CCCCC[C@H](O)c1ccc(N2CCCC2=O)cc1.CCCc1ccc(C(=O)OCC(O)CCO)s1. The van der Waals surface area contributed by atoms with E-state index in [0.717, 1.165) is 61.2 Å². The van der Waals surface area contributed by atoms with Crippen molar-refractivity contribution in [1.82, 2.24) is 0 Å². The molecule has 0 bridgehead atoms. The Morgan fingerprint density at radius 1 is 1.06 bits per heavy atom. The van der Waals surface area contributed by atoms with Gasteiger partial charge >= 0.3 is 5.97 Å². The van der Waals surface area contributed by atoms with Crippen molar-refractivity contribution in [3.8, 4) is 0 Å². The van der Waals surface area contributed by atoms with Crippen LogP contribution in [0.3, 0.4) is 0 Å². The maximum Gasteiger partial charge on any atom is 0.348 e. The number of rotatable bonds is 13. The number of ether oxygens (including phenoxy) is 1. The summed E-state index contributed by atoms with van der Waals surface area (Å²) in [6, 6.07) is 11.4. The minimum absolute atomic E-state index is 0.0690. The van der Waals surface area contributed by atoms with Crippen molar-refractivity contribution in [2.75, 3.05) is 24.7 Å². The largest absolute Gasteiger partial charge is 0.459 e. The zero-order chi connectivity index (χ0) is 26.3. The first-order valence-corrected chi connectivity index (χ1v) is 13.8. The Kier molecular flexibility index (Phi) is 13.7. The number of amides is 1. The smallest absolute Gasteiger partial charge is 0.348 e. The summed E-state index contributed by atoms with van der Waals surface area (Å²) < 4.78 is 4.94. The molecular weight excluding hydrogens is 478 g/mol. The van der Waals surface area contributed by atoms with Crippen molar-refractivity contribution >= 4 is 28.9 Å². The molecule has 8 heteroatoms. The highest BCUT2D eigenvalue weighted by Gasteiger charge is 2.21. The van der Waals surface area contributed by atoms with Crippen molar-refractivity contribution in [2.45, 2.75) is 83.8 Å². The minimum atomic E-state index is -0.793. The topological polar surface area (TPSA) is 107 Å². The van der Waals surface area contributed by atoms with Crippen molar-refractivity contribution in [1.29, 1.82) is 0 Å². The Hall–Kier alpha value is -2.26. The number of esters is 1. The van der Waals surface area contributed by atoms with Crippen molar-refractivity contribution < 1.29 is 29.6 Å². The third-order valence-corrected chi connectivity index (χ3v) is 7.10. The van der Waals surface area contributed by atoms with Crippen LogP contribution in [-0.4, -0.2) is 53.1 Å². The molecule has 0 aliphatic carbocycles. The molecule has 1 saturated heterocycles. The molecule has 0 radical (unpaired) electrons. The second-order valence-corrected chi connectivity index (χ2v) is 10.2. The van der Waals surface area contributed by atoms with Gasteiger partial charge in [0.25, 0.3) is 0 Å². The Labute approximate surface area is 218 Å². The normalized spacial score (nSPS) is 14.8. The van der Waals surface area contributed by atoms with Crippen molar-refractivity contribution in [3.05, 3.63) is 51.7 Å². The van der Waals surface area contributed by atoms with Crippen LogP contribution in [0.25, 0.3) is 0 Å². The molecule has 1 aromatic carbocycles. The highest BCUT2D eigenvalue weighted by molar-refractivity contribution is 7.13. The van der Waals surface area contributed by atoms with E-state index in [-0.39, 0.29) is 31.6 Å². The lowest BCUT2D eigenvalue weighted by Crippen LogP contribution is -2.23. The van der Waals surface area contributed by atoms with Gasteiger partial charge in [-0.25, -0.2) is 4.79 Å². The van der Waals surface area contributed by atoms with E-state index in [2.05, 4.69) is 13.8 Å². The van der Waals surface area contributed by atoms with Gasteiger partial charge in [-0.05, 0) is 55.5 Å². The van der Waals surface area contributed by atoms with Gasteiger partial charge in [-0.1, -0.05) is 51.7 Å². The summed E-state index contributed by atoms with van der Waals surface area (Å²) in [4.78, 5) is 26.8. The van der Waals surface area contributed by atoms with Crippen LogP contribution in [0.2, 0.25) is 0 Å². The summed E-state index contributed by atoms with van der Waals surface area (Å²) in [6.45, 7) is 4.88. The van der Waals surface area contributed by atoms with Gasteiger partial charge < -0.3 is 25.0 Å². The number of aliphatic hydroxyl groups is 3. The van der Waals surface area contributed by atoms with Gasteiger partial charge in [0.1, 0.15) is 11.5 Å². The molecule has 1 amide bonds. The molecule has 2 heterocycles. The molecule has 0 spiro atoms. The average Bonchev–Trinajstić information content (AvgIpc) is 3.53. The Morgan fingerprint density at radius 3 is 2.42 bits per heavy atom. The number of carbonyl (C=O) groups excluding carboxylic acids is 2. The third-order valence-electron chi connectivity index (χ3n) is 5.97. The molecule has 0 saturated carbocycles. The van der Waals surface area contributed by atoms with Crippen molar-refractivity contribution in [3.63, 3.8) is 0 Å². The van der Waals surface area contributed by atoms with E-state index in [4.69, 9.17) is 9.84 Å². The van der Waals surface area contributed by atoms with Gasteiger partial charge in [0.2, 0.25) is 5.91 Å². The lowest BCUT2D eigenvalue weighted by atomic mass is 10.0. The van der Waals surface area contributed by atoms with E-state index >= 15 is 0 Å². The summed E-state index contributed by atoms with van der Waals surface area (Å²) in [5.74, 6) is -0.203. The minimum Gasteiger partial charge on any atom is -0.459 e. The second kappa shape index (κ2) is 16.5. The van der Waals surface area contributed by atoms with Gasteiger partial charge in [-0.2, -0.15) is 0 Å². The maximum absolute atomic E-state index is 11.6. The molecule has 3 rings (SSSR count). The van der Waals surface area contributed by atoms with Crippen LogP contribution in [0.5, 0.6) is 0 Å².